The molecule has 3 aliphatic rings. The molecule has 3 amide bonds. The highest BCUT2D eigenvalue weighted by molar-refractivity contribution is 8.02. The van der Waals surface area contributed by atoms with Gasteiger partial charge in [0.25, 0.3) is 5.91 Å². The van der Waals surface area contributed by atoms with Gasteiger partial charge < -0.3 is 24.5 Å². The van der Waals surface area contributed by atoms with Gasteiger partial charge in [0.15, 0.2) is 0 Å². The summed E-state index contributed by atoms with van der Waals surface area (Å²) >= 11 is 1.70. The van der Waals surface area contributed by atoms with E-state index in [1.165, 1.54) is 0 Å². The second-order valence-electron chi connectivity index (χ2n) is 11.2. The number of unbranched alkanes of at least 4 members (excludes halogenated alkanes) is 3. The van der Waals surface area contributed by atoms with Crippen LogP contribution in [0.4, 0.5) is 5.69 Å². The van der Waals surface area contributed by atoms with E-state index in [9.17, 15) is 19.5 Å². The Morgan fingerprint density at radius 1 is 1.12 bits per heavy atom. The molecule has 1 aromatic rings. The number of fused-ring (bicyclic) bond motifs is 1. The van der Waals surface area contributed by atoms with Gasteiger partial charge in [0, 0.05) is 44.2 Å². The highest BCUT2D eigenvalue weighted by atomic mass is 32.2. The number of carbonyl (C=O) groups is 3. The van der Waals surface area contributed by atoms with Crippen molar-refractivity contribution in [2.45, 2.75) is 55.1 Å². The molecule has 0 aromatic heterocycles. The number of likely N-dealkylation sites (tertiary alicyclic amines) is 1. The normalized spacial score (nSPS) is 28.4. The van der Waals surface area contributed by atoms with Crippen molar-refractivity contribution in [3.63, 3.8) is 0 Å². The first-order valence-corrected chi connectivity index (χ1v) is 15.2. The lowest BCUT2D eigenvalue weighted by Gasteiger charge is -2.41. The lowest BCUT2D eigenvalue weighted by atomic mass is 9.65. The maximum atomic E-state index is 14.7. The molecule has 3 unspecified atom stereocenters. The first kappa shape index (κ1) is 30.2. The minimum Gasteiger partial charge on any atom is -0.497 e. The van der Waals surface area contributed by atoms with Crippen molar-refractivity contribution in [3.8, 4) is 5.75 Å². The standard InChI is InChI=1S/C31H43N3O5S/c1-6-16-32(4)28(36)25-24-20-21(3)31(40-24)26(25)29(37)34(18-10-8-9-11-19-35)27(31)30(38)33(17-7-2)22-12-14-23(39-5)15-13-22/h6-7,12-15,21,24-27,35H,1-2,8-11,16-20H2,3-5H3/t21?,24-,25+,26-,27?,31?/m0/s1. The number of benzene rings is 1. The monoisotopic (exact) mass is 569 g/mol. The molecular weight excluding hydrogens is 526 g/mol. The SMILES string of the molecule is C=CCN(C)C(=O)[C@@H]1[C@@H]2CC(C)C3(S2)C(C(=O)N(CC=C)c2ccc(OC)cc2)N(CCCCCCO)C(=O)[C@H]13. The molecule has 8 nitrogen and oxygen atoms in total. The number of hydrogen-bond donors (Lipinski definition) is 1. The van der Waals surface area contributed by atoms with E-state index in [0.29, 0.717) is 37.5 Å². The van der Waals surface area contributed by atoms with Crippen molar-refractivity contribution in [2.75, 3.05) is 45.3 Å². The zero-order chi connectivity index (χ0) is 29.0. The molecule has 2 bridgehead atoms. The van der Waals surface area contributed by atoms with E-state index in [-0.39, 0.29) is 35.5 Å². The van der Waals surface area contributed by atoms with Crippen LogP contribution < -0.4 is 9.64 Å². The zero-order valence-corrected chi connectivity index (χ0v) is 24.8. The summed E-state index contributed by atoms with van der Waals surface area (Å²) in [5.41, 5.74) is 0.712. The molecule has 6 atom stereocenters. The van der Waals surface area contributed by atoms with Crippen LogP contribution >= 0.6 is 11.8 Å². The second kappa shape index (κ2) is 12.8. The lowest BCUT2D eigenvalue weighted by molar-refractivity contribution is -0.143. The maximum Gasteiger partial charge on any atom is 0.251 e. The molecule has 3 aliphatic heterocycles. The smallest absolute Gasteiger partial charge is 0.251 e. The van der Waals surface area contributed by atoms with Gasteiger partial charge in [-0.05, 0) is 49.4 Å². The van der Waals surface area contributed by atoms with Crippen molar-refractivity contribution in [1.82, 2.24) is 9.80 Å². The predicted octanol–water partition coefficient (Wildman–Crippen LogP) is 3.75. The van der Waals surface area contributed by atoms with Crippen LogP contribution in [0.15, 0.2) is 49.6 Å². The second-order valence-corrected chi connectivity index (χ2v) is 12.7. The molecule has 0 aliphatic carbocycles. The van der Waals surface area contributed by atoms with Crippen LogP contribution in [-0.4, -0.2) is 89.1 Å². The number of hydrogen-bond acceptors (Lipinski definition) is 6. The van der Waals surface area contributed by atoms with E-state index in [4.69, 9.17) is 4.74 Å². The number of nitrogens with zero attached hydrogens (tertiary/aromatic N) is 3. The fraction of sp³-hybridized carbons (Fsp3) is 0.581. The van der Waals surface area contributed by atoms with Crippen molar-refractivity contribution >= 4 is 35.2 Å². The lowest BCUT2D eigenvalue weighted by Crippen LogP contribution is -2.57. The molecule has 9 heteroatoms. The fourth-order valence-electron chi connectivity index (χ4n) is 6.97. The molecule has 3 saturated heterocycles. The number of aliphatic hydroxyl groups is 1. The molecule has 0 radical (unpaired) electrons. The Morgan fingerprint density at radius 2 is 1.80 bits per heavy atom. The fourth-order valence-corrected chi connectivity index (χ4v) is 9.38. The summed E-state index contributed by atoms with van der Waals surface area (Å²) in [6, 6.07) is 6.66. The number of amides is 3. The van der Waals surface area contributed by atoms with Gasteiger partial charge in [0.2, 0.25) is 11.8 Å². The summed E-state index contributed by atoms with van der Waals surface area (Å²) in [5.74, 6) is -0.471. The highest BCUT2D eigenvalue weighted by Crippen LogP contribution is 2.69. The number of ether oxygens (including phenoxy) is 1. The quantitative estimate of drug-likeness (QED) is 0.271. The number of anilines is 1. The topological polar surface area (TPSA) is 90.4 Å². The van der Waals surface area contributed by atoms with Crippen LogP contribution in [0.1, 0.15) is 39.0 Å². The van der Waals surface area contributed by atoms with Gasteiger partial charge in [-0.15, -0.1) is 24.9 Å². The number of methoxy groups -OCH3 is 1. The molecule has 40 heavy (non-hydrogen) atoms. The van der Waals surface area contributed by atoms with E-state index >= 15 is 0 Å². The Morgan fingerprint density at radius 3 is 2.42 bits per heavy atom. The van der Waals surface area contributed by atoms with Crippen LogP contribution in [0, 0.1) is 17.8 Å². The van der Waals surface area contributed by atoms with Crippen LogP contribution in [0.3, 0.4) is 0 Å². The number of carbonyl (C=O) groups excluding carboxylic acids is 3. The van der Waals surface area contributed by atoms with Gasteiger partial charge in [-0.2, -0.15) is 0 Å². The maximum absolute atomic E-state index is 14.7. The van der Waals surface area contributed by atoms with E-state index < -0.39 is 22.6 Å². The predicted molar refractivity (Wildman–Crippen MR) is 159 cm³/mol. The molecule has 1 aromatic carbocycles. The third-order valence-corrected chi connectivity index (χ3v) is 10.9. The summed E-state index contributed by atoms with van der Waals surface area (Å²) < 4.78 is 4.64. The van der Waals surface area contributed by atoms with Crippen LogP contribution in [-0.2, 0) is 14.4 Å². The van der Waals surface area contributed by atoms with Gasteiger partial charge in [0.1, 0.15) is 11.8 Å². The summed E-state index contributed by atoms with van der Waals surface area (Å²) in [7, 11) is 3.36. The molecule has 4 rings (SSSR count). The molecular formula is C31H43N3O5S. The Kier molecular flexibility index (Phi) is 9.67. The minimum atomic E-state index is -0.683. The molecule has 1 N–H and O–H groups in total. The summed E-state index contributed by atoms with van der Waals surface area (Å²) in [6.07, 6.45) is 7.36. The van der Waals surface area contributed by atoms with E-state index in [1.807, 2.05) is 24.3 Å². The molecule has 0 saturated carbocycles. The zero-order valence-electron chi connectivity index (χ0n) is 24.0. The molecule has 218 valence electrons. The van der Waals surface area contributed by atoms with Crippen LogP contribution in [0.2, 0.25) is 0 Å². The Balaban J connectivity index is 1.74. The molecule has 1 spiro atoms. The summed E-state index contributed by atoms with van der Waals surface area (Å²) in [5, 5.41) is 9.18. The van der Waals surface area contributed by atoms with Crippen molar-refractivity contribution < 1.29 is 24.2 Å². The minimum absolute atomic E-state index is 0.000407. The first-order valence-electron chi connectivity index (χ1n) is 14.3. The Bertz CT molecular complexity index is 1110. The van der Waals surface area contributed by atoms with Crippen molar-refractivity contribution in [3.05, 3.63) is 49.6 Å². The van der Waals surface area contributed by atoms with Crippen LogP contribution in [0.25, 0.3) is 0 Å². The average Bonchev–Trinajstić information content (AvgIpc) is 3.54. The third-order valence-electron chi connectivity index (χ3n) is 8.81. The van der Waals surface area contributed by atoms with E-state index in [1.54, 1.807) is 52.8 Å². The first-order chi connectivity index (χ1) is 19.3. The molecule has 3 fully saturated rings. The number of rotatable bonds is 14. The van der Waals surface area contributed by atoms with Gasteiger partial charge in [-0.3, -0.25) is 14.4 Å². The summed E-state index contributed by atoms with van der Waals surface area (Å²) in [4.78, 5) is 47.8. The van der Waals surface area contributed by atoms with E-state index in [2.05, 4.69) is 20.1 Å². The largest absolute Gasteiger partial charge is 0.497 e. The highest BCUT2D eigenvalue weighted by Gasteiger charge is 2.76. The summed E-state index contributed by atoms with van der Waals surface area (Å²) in [6.45, 7) is 11.1. The average molecular weight is 570 g/mol. The van der Waals surface area contributed by atoms with Crippen molar-refractivity contribution in [2.24, 2.45) is 17.8 Å². The molecule has 3 heterocycles. The number of thioether (sulfide) groups is 1. The van der Waals surface area contributed by atoms with Gasteiger partial charge in [0.05, 0.1) is 23.7 Å². The van der Waals surface area contributed by atoms with E-state index in [0.717, 1.165) is 25.7 Å². The third kappa shape index (κ3) is 5.18. The Hall–Kier alpha value is -2.78. The van der Waals surface area contributed by atoms with Gasteiger partial charge in [-0.1, -0.05) is 31.9 Å². The number of aliphatic hydroxyl groups excluding tert-OH is 1. The van der Waals surface area contributed by atoms with Gasteiger partial charge in [-0.25, -0.2) is 0 Å². The number of likely N-dealkylation sites (N-methyl/N-ethyl adjacent to an activating group) is 1. The van der Waals surface area contributed by atoms with Gasteiger partial charge >= 0.3 is 0 Å². The Labute approximate surface area is 242 Å². The van der Waals surface area contributed by atoms with Crippen LogP contribution in [0.5, 0.6) is 5.75 Å². The van der Waals surface area contributed by atoms with Crippen molar-refractivity contribution in [1.29, 1.82) is 0 Å².